The Labute approximate surface area is 103 Å². The van der Waals surface area contributed by atoms with Crippen LogP contribution in [0.2, 0.25) is 0 Å². The summed E-state index contributed by atoms with van der Waals surface area (Å²) in [6.45, 7) is 0.755. The van der Waals surface area contributed by atoms with Crippen molar-refractivity contribution in [2.45, 2.75) is 38.5 Å². The maximum absolute atomic E-state index is 5.98. The molecule has 1 aliphatic rings. The number of nitrogens with one attached hydrogen (secondary N) is 1. The minimum absolute atomic E-state index is 0.251. The maximum Gasteiger partial charge on any atom is 0.244 e. The first-order chi connectivity index (χ1) is 8.15. The number of aromatic nitrogens is 3. The second-order valence-corrected chi connectivity index (χ2v) is 5.42. The van der Waals surface area contributed by atoms with Gasteiger partial charge in [0, 0.05) is 20.5 Å². The van der Waals surface area contributed by atoms with Crippen LogP contribution < -0.4 is 10.6 Å². The van der Waals surface area contributed by atoms with Crippen LogP contribution in [0.5, 0.6) is 0 Å². The standard InChI is InChI=1S/C12H23N5/c1-17(2)11-14-10(15-16-11)8-12(9-13)6-4-3-5-7-12/h3-9,13H2,1-2H3,(H,14,15,16). The maximum atomic E-state index is 5.98. The van der Waals surface area contributed by atoms with Gasteiger partial charge in [-0.25, -0.2) is 0 Å². The van der Waals surface area contributed by atoms with Gasteiger partial charge in [-0.15, -0.1) is 5.10 Å². The molecule has 1 aliphatic carbocycles. The SMILES string of the molecule is CN(C)c1n[nH]c(CC2(CN)CCCCC2)n1. The van der Waals surface area contributed by atoms with Gasteiger partial charge in [0.15, 0.2) is 0 Å². The average Bonchev–Trinajstić information content (AvgIpc) is 2.79. The Hall–Kier alpha value is -1.10. The summed E-state index contributed by atoms with van der Waals surface area (Å²) in [5.74, 6) is 1.73. The Morgan fingerprint density at radius 3 is 2.53 bits per heavy atom. The van der Waals surface area contributed by atoms with Crippen molar-refractivity contribution in [3.05, 3.63) is 5.82 Å². The first-order valence-electron chi connectivity index (χ1n) is 6.44. The number of rotatable bonds is 4. The quantitative estimate of drug-likeness (QED) is 0.828. The third kappa shape index (κ3) is 2.77. The van der Waals surface area contributed by atoms with E-state index in [0.717, 1.165) is 24.7 Å². The monoisotopic (exact) mass is 237 g/mol. The number of nitrogens with zero attached hydrogens (tertiary/aromatic N) is 3. The Kier molecular flexibility index (Phi) is 3.66. The summed E-state index contributed by atoms with van der Waals surface area (Å²) in [6, 6.07) is 0. The van der Waals surface area contributed by atoms with Gasteiger partial charge in [-0.1, -0.05) is 19.3 Å². The Morgan fingerprint density at radius 1 is 1.29 bits per heavy atom. The van der Waals surface area contributed by atoms with E-state index in [0.29, 0.717) is 0 Å². The van der Waals surface area contributed by atoms with Crippen molar-refractivity contribution < 1.29 is 0 Å². The first-order valence-corrected chi connectivity index (χ1v) is 6.44. The molecule has 0 aromatic carbocycles. The lowest BCUT2D eigenvalue weighted by molar-refractivity contribution is 0.194. The van der Waals surface area contributed by atoms with E-state index in [-0.39, 0.29) is 5.41 Å². The molecule has 1 aromatic heterocycles. The number of anilines is 1. The summed E-state index contributed by atoms with van der Waals surface area (Å²) >= 11 is 0. The molecule has 0 saturated heterocycles. The molecule has 96 valence electrons. The second-order valence-electron chi connectivity index (χ2n) is 5.42. The highest BCUT2D eigenvalue weighted by Crippen LogP contribution is 2.37. The predicted octanol–water partition coefficient (Wildman–Crippen LogP) is 1.32. The molecule has 0 atom stereocenters. The Bertz CT molecular complexity index is 352. The molecule has 17 heavy (non-hydrogen) atoms. The van der Waals surface area contributed by atoms with Gasteiger partial charge in [-0.2, -0.15) is 4.98 Å². The Balaban J connectivity index is 2.06. The predicted molar refractivity (Wildman–Crippen MR) is 69.0 cm³/mol. The molecule has 1 heterocycles. The molecule has 1 saturated carbocycles. The first kappa shape index (κ1) is 12.4. The molecular formula is C12H23N5. The lowest BCUT2D eigenvalue weighted by Gasteiger charge is -2.35. The van der Waals surface area contributed by atoms with Crippen LogP contribution in [0.15, 0.2) is 0 Å². The molecule has 0 spiro atoms. The topological polar surface area (TPSA) is 70.8 Å². The average molecular weight is 237 g/mol. The van der Waals surface area contributed by atoms with Crippen molar-refractivity contribution in [3.63, 3.8) is 0 Å². The second kappa shape index (κ2) is 5.04. The van der Waals surface area contributed by atoms with E-state index in [9.17, 15) is 0 Å². The molecule has 5 nitrogen and oxygen atoms in total. The smallest absolute Gasteiger partial charge is 0.244 e. The molecule has 0 amide bonds. The summed E-state index contributed by atoms with van der Waals surface area (Å²) < 4.78 is 0. The molecule has 2 rings (SSSR count). The van der Waals surface area contributed by atoms with Gasteiger partial charge in [0.25, 0.3) is 0 Å². The van der Waals surface area contributed by atoms with Crippen LogP contribution in [0.3, 0.4) is 0 Å². The minimum atomic E-state index is 0.251. The van der Waals surface area contributed by atoms with Gasteiger partial charge in [-0.05, 0) is 24.8 Å². The number of nitrogens with two attached hydrogens (primary N) is 1. The van der Waals surface area contributed by atoms with Crippen molar-refractivity contribution >= 4 is 5.95 Å². The summed E-state index contributed by atoms with van der Waals surface area (Å²) in [7, 11) is 3.90. The summed E-state index contributed by atoms with van der Waals surface area (Å²) in [5, 5.41) is 7.23. The third-order valence-electron chi connectivity index (χ3n) is 3.81. The highest BCUT2D eigenvalue weighted by molar-refractivity contribution is 5.25. The fraction of sp³-hybridized carbons (Fsp3) is 0.833. The molecule has 5 heteroatoms. The molecule has 0 bridgehead atoms. The number of hydrogen-bond acceptors (Lipinski definition) is 4. The van der Waals surface area contributed by atoms with Gasteiger partial charge >= 0.3 is 0 Å². The molecular weight excluding hydrogens is 214 g/mol. The highest BCUT2D eigenvalue weighted by atomic mass is 15.3. The number of H-pyrrole nitrogens is 1. The minimum Gasteiger partial charge on any atom is -0.346 e. The van der Waals surface area contributed by atoms with E-state index >= 15 is 0 Å². The van der Waals surface area contributed by atoms with Crippen LogP contribution >= 0.6 is 0 Å². The largest absolute Gasteiger partial charge is 0.346 e. The molecule has 0 radical (unpaired) electrons. The zero-order valence-electron chi connectivity index (χ0n) is 10.9. The Morgan fingerprint density at radius 2 is 2.00 bits per heavy atom. The van der Waals surface area contributed by atoms with Gasteiger partial charge in [0.2, 0.25) is 5.95 Å². The van der Waals surface area contributed by atoms with Crippen LogP contribution in [0.25, 0.3) is 0 Å². The van der Waals surface area contributed by atoms with Crippen molar-refractivity contribution in [2.24, 2.45) is 11.1 Å². The van der Waals surface area contributed by atoms with E-state index in [1.54, 1.807) is 0 Å². The van der Waals surface area contributed by atoms with Gasteiger partial charge < -0.3 is 10.6 Å². The zero-order chi connectivity index (χ0) is 12.3. The van der Waals surface area contributed by atoms with E-state index in [1.165, 1.54) is 32.1 Å². The van der Waals surface area contributed by atoms with E-state index in [2.05, 4.69) is 15.2 Å². The van der Waals surface area contributed by atoms with Crippen LogP contribution in [0.4, 0.5) is 5.95 Å². The van der Waals surface area contributed by atoms with E-state index in [1.807, 2.05) is 19.0 Å². The van der Waals surface area contributed by atoms with Gasteiger partial charge in [-0.3, -0.25) is 5.10 Å². The van der Waals surface area contributed by atoms with Crippen LogP contribution in [0.1, 0.15) is 37.9 Å². The molecule has 1 aromatic rings. The van der Waals surface area contributed by atoms with Crippen molar-refractivity contribution in [2.75, 3.05) is 25.5 Å². The van der Waals surface area contributed by atoms with Gasteiger partial charge in [0.05, 0.1) is 0 Å². The van der Waals surface area contributed by atoms with Crippen molar-refractivity contribution in [1.82, 2.24) is 15.2 Å². The molecule has 0 unspecified atom stereocenters. The zero-order valence-corrected chi connectivity index (χ0v) is 10.9. The molecule has 0 aliphatic heterocycles. The highest BCUT2D eigenvalue weighted by Gasteiger charge is 2.32. The van der Waals surface area contributed by atoms with Crippen LogP contribution in [-0.2, 0) is 6.42 Å². The summed E-state index contributed by atoms with van der Waals surface area (Å²) in [5.41, 5.74) is 6.23. The van der Waals surface area contributed by atoms with E-state index in [4.69, 9.17) is 5.73 Å². The number of hydrogen-bond donors (Lipinski definition) is 2. The third-order valence-corrected chi connectivity index (χ3v) is 3.81. The van der Waals surface area contributed by atoms with Crippen LogP contribution in [-0.4, -0.2) is 35.8 Å². The number of aromatic amines is 1. The fourth-order valence-corrected chi connectivity index (χ4v) is 2.67. The fourth-order valence-electron chi connectivity index (χ4n) is 2.67. The summed E-state index contributed by atoms with van der Waals surface area (Å²) in [6.07, 6.45) is 7.33. The van der Waals surface area contributed by atoms with Crippen LogP contribution in [0, 0.1) is 5.41 Å². The molecule has 1 fully saturated rings. The lowest BCUT2D eigenvalue weighted by Crippen LogP contribution is -2.35. The van der Waals surface area contributed by atoms with E-state index < -0.39 is 0 Å². The molecule has 3 N–H and O–H groups in total. The van der Waals surface area contributed by atoms with Crippen molar-refractivity contribution in [1.29, 1.82) is 0 Å². The normalized spacial score (nSPS) is 19.2. The van der Waals surface area contributed by atoms with Crippen molar-refractivity contribution in [3.8, 4) is 0 Å². The van der Waals surface area contributed by atoms with Gasteiger partial charge in [0.1, 0.15) is 5.82 Å². The lowest BCUT2D eigenvalue weighted by atomic mass is 9.72. The summed E-state index contributed by atoms with van der Waals surface area (Å²) in [4.78, 5) is 6.41.